The molecule has 1 N–H and O–H groups in total. The Hall–Kier alpha value is -2.81. The standard InChI is InChI=1S/C28H22Br2ClNO5/c1-28(2)36-26(33)24(27(34)37-28)23(19-13-32-22-6-4-3-5-18(19)22)16-11-20(29)25(21(30)12-16)35-14-15-7-9-17(31)10-8-15/h3-13,23-24,32H,14H2,1-2H3/t23-/m0/s1. The maximum Gasteiger partial charge on any atom is 0.324 e. The summed E-state index contributed by atoms with van der Waals surface area (Å²) in [6.45, 7) is 3.41. The molecule has 1 atom stereocenters. The van der Waals surface area contributed by atoms with Crippen LogP contribution in [0, 0.1) is 5.92 Å². The largest absolute Gasteiger partial charge is 0.487 e. The number of benzene rings is 3. The fourth-order valence-electron chi connectivity index (χ4n) is 4.54. The van der Waals surface area contributed by atoms with Crippen molar-refractivity contribution in [3.05, 3.63) is 97.5 Å². The van der Waals surface area contributed by atoms with E-state index in [1.54, 1.807) is 13.8 Å². The lowest BCUT2D eigenvalue weighted by Crippen LogP contribution is -2.48. The number of aromatic nitrogens is 1. The number of ether oxygens (including phenoxy) is 3. The Morgan fingerprint density at radius 3 is 2.27 bits per heavy atom. The molecule has 0 spiro atoms. The Kier molecular flexibility index (Phi) is 7.09. The predicted molar refractivity (Wildman–Crippen MR) is 148 cm³/mol. The molecule has 0 amide bonds. The molecule has 3 aromatic carbocycles. The van der Waals surface area contributed by atoms with Gasteiger partial charge in [-0.3, -0.25) is 9.59 Å². The number of carbonyl (C=O) groups excluding carboxylic acids is 2. The Bertz CT molecular complexity index is 1460. The van der Waals surface area contributed by atoms with E-state index in [9.17, 15) is 9.59 Å². The molecule has 1 saturated heterocycles. The van der Waals surface area contributed by atoms with E-state index in [4.69, 9.17) is 25.8 Å². The second kappa shape index (κ2) is 10.2. The van der Waals surface area contributed by atoms with Gasteiger partial charge in [-0.1, -0.05) is 41.9 Å². The van der Waals surface area contributed by atoms with Gasteiger partial charge in [-0.05, 0) is 78.9 Å². The van der Waals surface area contributed by atoms with Crippen LogP contribution in [0.5, 0.6) is 5.75 Å². The van der Waals surface area contributed by atoms with Crippen molar-refractivity contribution in [1.82, 2.24) is 4.98 Å². The number of esters is 2. The van der Waals surface area contributed by atoms with Crippen molar-refractivity contribution in [2.24, 2.45) is 5.92 Å². The Labute approximate surface area is 235 Å². The van der Waals surface area contributed by atoms with Crippen LogP contribution < -0.4 is 4.74 Å². The Morgan fingerprint density at radius 1 is 1.00 bits per heavy atom. The van der Waals surface area contributed by atoms with Crippen molar-refractivity contribution in [3.63, 3.8) is 0 Å². The molecule has 1 aromatic heterocycles. The van der Waals surface area contributed by atoms with E-state index in [1.165, 1.54) is 0 Å². The molecule has 6 nitrogen and oxygen atoms in total. The number of aromatic amines is 1. The highest BCUT2D eigenvalue weighted by Crippen LogP contribution is 2.44. The van der Waals surface area contributed by atoms with Crippen molar-refractivity contribution >= 4 is 66.3 Å². The predicted octanol–water partition coefficient (Wildman–Crippen LogP) is 7.51. The zero-order chi connectivity index (χ0) is 26.3. The van der Waals surface area contributed by atoms with Crippen LogP contribution in [0.25, 0.3) is 10.9 Å². The van der Waals surface area contributed by atoms with Gasteiger partial charge in [0, 0.05) is 41.9 Å². The van der Waals surface area contributed by atoms with Crippen LogP contribution in [0.15, 0.2) is 75.8 Å². The zero-order valence-electron chi connectivity index (χ0n) is 19.9. The van der Waals surface area contributed by atoms with Crippen LogP contribution in [0.3, 0.4) is 0 Å². The third kappa shape index (κ3) is 5.28. The molecular weight excluding hydrogens is 626 g/mol. The maximum atomic E-state index is 13.2. The number of carbonyl (C=O) groups is 2. The second-order valence-corrected chi connectivity index (χ2v) is 11.4. The van der Waals surface area contributed by atoms with Gasteiger partial charge in [0.15, 0.2) is 5.92 Å². The number of fused-ring (bicyclic) bond motifs is 1. The third-order valence-corrected chi connectivity index (χ3v) is 7.60. The summed E-state index contributed by atoms with van der Waals surface area (Å²) >= 11 is 13.2. The van der Waals surface area contributed by atoms with Gasteiger partial charge in [0.05, 0.1) is 8.95 Å². The topological polar surface area (TPSA) is 77.6 Å². The normalized spacial score (nSPS) is 16.4. The van der Waals surface area contributed by atoms with Gasteiger partial charge in [-0.15, -0.1) is 0 Å². The molecule has 1 aliphatic heterocycles. The quantitative estimate of drug-likeness (QED) is 0.173. The molecule has 0 aliphatic carbocycles. The molecule has 37 heavy (non-hydrogen) atoms. The van der Waals surface area contributed by atoms with Crippen LogP contribution in [-0.4, -0.2) is 22.7 Å². The van der Waals surface area contributed by atoms with Gasteiger partial charge >= 0.3 is 11.9 Å². The van der Waals surface area contributed by atoms with Gasteiger partial charge in [0.25, 0.3) is 5.79 Å². The van der Waals surface area contributed by atoms with E-state index in [2.05, 4.69) is 36.8 Å². The molecule has 0 radical (unpaired) electrons. The molecule has 0 saturated carbocycles. The van der Waals surface area contributed by atoms with E-state index in [1.807, 2.05) is 66.9 Å². The Balaban J connectivity index is 1.56. The van der Waals surface area contributed by atoms with Crippen LogP contribution >= 0.6 is 43.5 Å². The molecule has 5 rings (SSSR count). The van der Waals surface area contributed by atoms with Crippen LogP contribution in [0.1, 0.15) is 36.5 Å². The average molecular weight is 648 g/mol. The van der Waals surface area contributed by atoms with Crippen LogP contribution in [0.2, 0.25) is 5.02 Å². The van der Waals surface area contributed by atoms with Gasteiger partial charge in [0.1, 0.15) is 12.4 Å². The fourth-order valence-corrected chi connectivity index (χ4v) is 6.11. The molecule has 0 bridgehead atoms. The number of H-pyrrole nitrogens is 1. The number of para-hydroxylation sites is 1. The summed E-state index contributed by atoms with van der Waals surface area (Å²) in [5.41, 5.74) is 3.34. The van der Waals surface area contributed by atoms with Crippen molar-refractivity contribution in [2.75, 3.05) is 0 Å². The van der Waals surface area contributed by atoms with Crippen LogP contribution in [0.4, 0.5) is 0 Å². The maximum absolute atomic E-state index is 13.2. The van der Waals surface area contributed by atoms with Gasteiger partial charge in [-0.2, -0.15) is 0 Å². The lowest BCUT2D eigenvalue weighted by atomic mass is 9.80. The molecule has 190 valence electrons. The monoisotopic (exact) mass is 645 g/mol. The molecule has 0 unspecified atom stereocenters. The van der Waals surface area contributed by atoms with Crippen molar-refractivity contribution < 1.29 is 23.8 Å². The number of hydrogen-bond donors (Lipinski definition) is 1. The molecular formula is C28H22Br2ClNO5. The number of halogens is 3. The summed E-state index contributed by atoms with van der Waals surface area (Å²) in [5, 5.41) is 1.55. The van der Waals surface area contributed by atoms with Gasteiger partial charge in [-0.25, -0.2) is 0 Å². The number of hydrogen-bond acceptors (Lipinski definition) is 5. The summed E-state index contributed by atoms with van der Waals surface area (Å²) < 4.78 is 18.4. The zero-order valence-corrected chi connectivity index (χ0v) is 23.8. The molecule has 4 aromatic rings. The molecule has 2 heterocycles. The number of nitrogens with one attached hydrogen (secondary N) is 1. The molecule has 1 fully saturated rings. The lowest BCUT2D eigenvalue weighted by molar-refractivity contribution is -0.240. The van der Waals surface area contributed by atoms with Crippen molar-refractivity contribution in [3.8, 4) is 5.75 Å². The first-order chi connectivity index (χ1) is 17.6. The van der Waals surface area contributed by atoms with E-state index in [0.717, 1.165) is 22.0 Å². The first-order valence-corrected chi connectivity index (χ1v) is 13.5. The minimum atomic E-state index is -1.32. The van der Waals surface area contributed by atoms with Gasteiger partial charge in [0.2, 0.25) is 0 Å². The fraction of sp³-hybridized carbons (Fsp3) is 0.214. The average Bonchev–Trinajstić information content (AvgIpc) is 3.25. The van der Waals surface area contributed by atoms with E-state index in [-0.39, 0.29) is 0 Å². The van der Waals surface area contributed by atoms with Crippen molar-refractivity contribution in [1.29, 1.82) is 0 Å². The SMILES string of the molecule is CC1(C)OC(=O)C([C@@H](c2cc(Br)c(OCc3ccc(Cl)cc3)c(Br)c2)c2c[nH]c3ccccc23)C(=O)O1. The highest BCUT2D eigenvalue weighted by atomic mass is 79.9. The Morgan fingerprint density at radius 2 is 1.62 bits per heavy atom. The first-order valence-electron chi connectivity index (χ1n) is 11.5. The smallest absolute Gasteiger partial charge is 0.324 e. The molecule has 1 aliphatic rings. The lowest BCUT2D eigenvalue weighted by Gasteiger charge is -2.36. The van der Waals surface area contributed by atoms with E-state index < -0.39 is 29.6 Å². The highest BCUT2D eigenvalue weighted by Gasteiger charge is 2.48. The third-order valence-electron chi connectivity index (χ3n) is 6.17. The summed E-state index contributed by atoms with van der Waals surface area (Å²) in [6.07, 6.45) is 1.82. The molecule has 9 heteroatoms. The summed E-state index contributed by atoms with van der Waals surface area (Å²) in [5.74, 6) is -3.86. The summed E-state index contributed by atoms with van der Waals surface area (Å²) in [7, 11) is 0. The highest BCUT2D eigenvalue weighted by molar-refractivity contribution is 9.11. The van der Waals surface area contributed by atoms with E-state index in [0.29, 0.717) is 31.9 Å². The van der Waals surface area contributed by atoms with Crippen LogP contribution in [-0.2, 0) is 25.7 Å². The minimum absolute atomic E-state index is 0.329. The number of cyclic esters (lactones) is 2. The van der Waals surface area contributed by atoms with Crippen molar-refractivity contribution in [2.45, 2.75) is 32.2 Å². The summed E-state index contributed by atoms with van der Waals surface area (Å²) in [6, 6.07) is 18.8. The minimum Gasteiger partial charge on any atom is -0.487 e. The van der Waals surface area contributed by atoms with Gasteiger partial charge < -0.3 is 19.2 Å². The second-order valence-electron chi connectivity index (χ2n) is 9.22. The first kappa shape index (κ1) is 25.8. The van der Waals surface area contributed by atoms with E-state index >= 15 is 0 Å². The summed E-state index contributed by atoms with van der Waals surface area (Å²) in [4.78, 5) is 29.6. The number of rotatable bonds is 6.